The average Bonchev–Trinajstić information content (AvgIpc) is 2.32. The Kier molecular flexibility index (Phi) is 4.05. The lowest BCUT2D eigenvalue weighted by Gasteiger charge is -2.28. The van der Waals surface area contributed by atoms with Crippen LogP contribution in [-0.4, -0.2) is 23.1 Å². The van der Waals surface area contributed by atoms with Gasteiger partial charge in [-0.2, -0.15) is 4.98 Å². The lowest BCUT2D eigenvalue weighted by molar-refractivity contribution is 0.356. The first kappa shape index (κ1) is 12.4. The van der Waals surface area contributed by atoms with Crippen LogP contribution in [0.3, 0.4) is 0 Å². The van der Waals surface area contributed by atoms with E-state index in [9.17, 15) is 0 Å². The summed E-state index contributed by atoms with van der Waals surface area (Å²) in [7, 11) is 1.55. The van der Waals surface area contributed by atoms with Gasteiger partial charge in [-0.1, -0.05) is 31.4 Å². The Morgan fingerprint density at radius 2 is 2.29 bits per heavy atom. The van der Waals surface area contributed by atoms with Crippen molar-refractivity contribution in [1.29, 1.82) is 0 Å². The molecule has 0 bridgehead atoms. The van der Waals surface area contributed by atoms with Crippen LogP contribution in [0.2, 0.25) is 5.02 Å². The monoisotopic (exact) mass is 255 g/mol. The van der Waals surface area contributed by atoms with E-state index in [1.54, 1.807) is 13.3 Å². The van der Waals surface area contributed by atoms with Gasteiger partial charge in [0.05, 0.1) is 13.3 Å². The van der Waals surface area contributed by atoms with E-state index in [0.29, 0.717) is 22.9 Å². The fraction of sp³-hybridized carbons (Fsp3) is 0.667. The number of methoxy groups -OCH3 is 1. The van der Waals surface area contributed by atoms with Gasteiger partial charge in [-0.05, 0) is 18.8 Å². The molecule has 0 radical (unpaired) electrons. The highest BCUT2D eigenvalue weighted by Gasteiger charge is 2.20. The first-order chi connectivity index (χ1) is 8.19. The van der Waals surface area contributed by atoms with Crippen LogP contribution < -0.4 is 10.1 Å². The largest absolute Gasteiger partial charge is 0.467 e. The van der Waals surface area contributed by atoms with Gasteiger partial charge in [0.1, 0.15) is 5.02 Å². The molecule has 5 heteroatoms. The highest BCUT2D eigenvalue weighted by atomic mass is 35.5. The van der Waals surface area contributed by atoms with Gasteiger partial charge in [0, 0.05) is 6.04 Å². The van der Waals surface area contributed by atoms with Crippen molar-refractivity contribution in [3.05, 3.63) is 11.2 Å². The first-order valence-electron chi connectivity index (χ1n) is 6.02. The number of rotatable bonds is 3. The van der Waals surface area contributed by atoms with E-state index in [1.807, 2.05) is 0 Å². The van der Waals surface area contributed by atoms with E-state index in [1.165, 1.54) is 25.7 Å². The summed E-state index contributed by atoms with van der Waals surface area (Å²) < 4.78 is 5.00. The third kappa shape index (κ3) is 3.22. The summed E-state index contributed by atoms with van der Waals surface area (Å²) in [6, 6.07) is 0.802. The van der Waals surface area contributed by atoms with Gasteiger partial charge < -0.3 is 10.1 Å². The molecule has 17 heavy (non-hydrogen) atoms. The number of nitrogens with zero attached hydrogens (tertiary/aromatic N) is 2. The van der Waals surface area contributed by atoms with Gasteiger partial charge in [0.25, 0.3) is 0 Å². The predicted octanol–water partition coefficient (Wildman–Crippen LogP) is 3.13. The number of anilines is 1. The minimum atomic E-state index is 0.348. The second-order valence-corrected chi connectivity index (χ2v) is 5.07. The smallest absolute Gasteiger partial charge is 0.318 e. The topological polar surface area (TPSA) is 47.0 Å². The molecule has 1 aliphatic rings. The van der Waals surface area contributed by atoms with Gasteiger partial charge >= 0.3 is 6.01 Å². The molecule has 0 spiro atoms. The summed E-state index contributed by atoms with van der Waals surface area (Å²) in [4.78, 5) is 8.19. The van der Waals surface area contributed by atoms with Crippen molar-refractivity contribution in [3.8, 4) is 6.01 Å². The molecule has 2 rings (SSSR count). The van der Waals surface area contributed by atoms with E-state index >= 15 is 0 Å². The molecule has 0 saturated heterocycles. The number of aromatic nitrogens is 2. The molecule has 1 fully saturated rings. The zero-order valence-electron chi connectivity index (χ0n) is 10.2. The molecule has 2 unspecified atom stereocenters. The number of ether oxygens (including phenoxy) is 1. The second-order valence-electron chi connectivity index (χ2n) is 4.67. The third-order valence-corrected chi connectivity index (χ3v) is 3.46. The summed E-state index contributed by atoms with van der Waals surface area (Å²) >= 11 is 6.07. The molecular formula is C12H18ClN3O. The Morgan fingerprint density at radius 1 is 1.47 bits per heavy atom. The maximum atomic E-state index is 6.07. The van der Waals surface area contributed by atoms with Crippen LogP contribution in [-0.2, 0) is 0 Å². The molecule has 1 aromatic heterocycles. The summed E-state index contributed by atoms with van der Waals surface area (Å²) in [5, 5.41) is 3.94. The van der Waals surface area contributed by atoms with Crippen molar-refractivity contribution in [2.75, 3.05) is 12.4 Å². The van der Waals surface area contributed by atoms with Crippen LogP contribution in [0, 0.1) is 5.92 Å². The fourth-order valence-corrected chi connectivity index (χ4v) is 2.45. The van der Waals surface area contributed by atoms with Crippen LogP contribution in [0.1, 0.15) is 32.6 Å². The molecule has 0 amide bonds. The summed E-state index contributed by atoms with van der Waals surface area (Å²) in [5.41, 5.74) is 0. The molecule has 2 atom stereocenters. The third-order valence-electron chi connectivity index (χ3n) is 3.18. The SMILES string of the molecule is COc1ncc(Cl)c(NC2CCCC(C)C2)n1. The van der Waals surface area contributed by atoms with Crippen LogP contribution in [0.4, 0.5) is 5.82 Å². The molecule has 1 saturated carbocycles. The lowest BCUT2D eigenvalue weighted by atomic mass is 9.87. The molecule has 1 aliphatic carbocycles. The number of hydrogen-bond acceptors (Lipinski definition) is 4. The molecule has 4 nitrogen and oxygen atoms in total. The normalized spacial score (nSPS) is 24.4. The lowest BCUT2D eigenvalue weighted by Crippen LogP contribution is -2.26. The van der Waals surface area contributed by atoms with Gasteiger partial charge in [-0.15, -0.1) is 0 Å². The van der Waals surface area contributed by atoms with Crippen molar-refractivity contribution in [2.45, 2.75) is 38.6 Å². The van der Waals surface area contributed by atoms with Gasteiger partial charge in [-0.3, -0.25) is 0 Å². The van der Waals surface area contributed by atoms with E-state index in [0.717, 1.165) is 5.92 Å². The van der Waals surface area contributed by atoms with Crippen LogP contribution in [0.25, 0.3) is 0 Å². The summed E-state index contributed by atoms with van der Waals surface area (Å²) in [6.07, 6.45) is 6.50. The van der Waals surface area contributed by atoms with Gasteiger partial charge in [0.2, 0.25) is 0 Å². The van der Waals surface area contributed by atoms with Crippen molar-refractivity contribution >= 4 is 17.4 Å². The molecule has 0 aromatic carbocycles. The fourth-order valence-electron chi connectivity index (χ4n) is 2.31. The van der Waals surface area contributed by atoms with Gasteiger partial charge in [-0.25, -0.2) is 4.98 Å². The molecular weight excluding hydrogens is 238 g/mol. The summed E-state index contributed by atoms with van der Waals surface area (Å²) in [5.74, 6) is 1.45. The molecule has 1 N–H and O–H groups in total. The number of nitrogens with one attached hydrogen (secondary N) is 1. The zero-order valence-corrected chi connectivity index (χ0v) is 11.0. The second kappa shape index (κ2) is 5.54. The quantitative estimate of drug-likeness (QED) is 0.902. The Labute approximate surface area is 107 Å². The minimum Gasteiger partial charge on any atom is -0.467 e. The van der Waals surface area contributed by atoms with Crippen molar-refractivity contribution in [1.82, 2.24) is 9.97 Å². The molecule has 1 aromatic rings. The standard InChI is InChI=1S/C12H18ClN3O/c1-8-4-3-5-9(6-8)15-11-10(13)7-14-12(16-11)17-2/h7-9H,3-6H2,1-2H3,(H,14,15,16). The Hall–Kier alpha value is -1.03. The average molecular weight is 256 g/mol. The van der Waals surface area contributed by atoms with E-state index in [4.69, 9.17) is 16.3 Å². The maximum Gasteiger partial charge on any atom is 0.318 e. The van der Waals surface area contributed by atoms with Crippen molar-refractivity contribution < 1.29 is 4.74 Å². The van der Waals surface area contributed by atoms with E-state index in [2.05, 4.69) is 22.2 Å². The summed E-state index contributed by atoms with van der Waals surface area (Å²) in [6.45, 7) is 2.29. The van der Waals surface area contributed by atoms with Crippen LogP contribution >= 0.6 is 11.6 Å². The van der Waals surface area contributed by atoms with Crippen molar-refractivity contribution in [3.63, 3.8) is 0 Å². The number of halogens is 1. The van der Waals surface area contributed by atoms with Crippen LogP contribution in [0.15, 0.2) is 6.20 Å². The van der Waals surface area contributed by atoms with Crippen molar-refractivity contribution in [2.24, 2.45) is 5.92 Å². The molecule has 94 valence electrons. The van der Waals surface area contributed by atoms with Gasteiger partial charge in [0.15, 0.2) is 5.82 Å². The first-order valence-corrected chi connectivity index (χ1v) is 6.40. The maximum absolute atomic E-state index is 6.07. The minimum absolute atomic E-state index is 0.348. The van der Waals surface area contributed by atoms with E-state index < -0.39 is 0 Å². The highest BCUT2D eigenvalue weighted by molar-refractivity contribution is 6.32. The Bertz CT molecular complexity index is 386. The number of hydrogen-bond donors (Lipinski definition) is 1. The molecule has 0 aliphatic heterocycles. The predicted molar refractivity (Wildman–Crippen MR) is 68.6 cm³/mol. The zero-order chi connectivity index (χ0) is 12.3. The molecule has 1 heterocycles. The van der Waals surface area contributed by atoms with E-state index in [-0.39, 0.29) is 0 Å². The Balaban J connectivity index is 2.06. The highest BCUT2D eigenvalue weighted by Crippen LogP contribution is 2.28. The van der Waals surface area contributed by atoms with Crippen LogP contribution in [0.5, 0.6) is 6.01 Å². The Morgan fingerprint density at radius 3 is 3.00 bits per heavy atom.